The van der Waals surface area contributed by atoms with Crippen molar-refractivity contribution in [3.63, 3.8) is 0 Å². The van der Waals surface area contributed by atoms with Crippen LogP contribution in [0.1, 0.15) is 25.7 Å². The van der Waals surface area contributed by atoms with Gasteiger partial charge in [0.1, 0.15) is 0 Å². The third-order valence-electron chi connectivity index (χ3n) is 4.20. The maximum Gasteiger partial charge on any atom is 0.319 e. The van der Waals surface area contributed by atoms with Gasteiger partial charge in [0.15, 0.2) is 11.5 Å². The summed E-state index contributed by atoms with van der Waals surface area (Å²) in [4.78, 5) is 12.1. The lowest BCUT2D eigenvalue weighted by molar-refractivity contribution is 0.245. The van der Waals surface area contributed by atoms with Gasteiger partial charge in [0.05, 0.1) is 14.2 Å². The van der Waals surface area contributed by atoms with Crippen molar-refractivity contribution in [1.82, 2.24) is 5.32 Å². The van der Waals surface area contributed by atoms with Crippen LogP contribution in [0.15, 0.2) is 18.2 Å². The van der Waals surface area contributed by atoms with Gasteiger partial charge in [0.25, 0.3) is 0 Å². The Morgan fingerprint density at radius 2 is 1.71 bits per heavy atom. The zero-order chi connectivity index (χ0) is 14.8. The summed E-state index contributed by atoms with van der Waals surface area (Å²) in [7, 11) is 3.17. The van der Waals surface area contributed by atoms with E-state index >= 15 is 0 Å². The molecule has 0 bridgehead atoms. The number of nitrogens with one attached hydrogen (secondary N) is 2. The summed E-state index contributed by atoms with van der Waals surface area (Å²) in [6.45, 7) is 0. The predicted octanol–water partition coefficient (Wildman–Crippen LogP) is 3.01. The molecule has 1 aromatic rings. The highest BCUT2D eigenvalue weighted by atomic mass is 16.5. The molecule has 0 aliphatic heterocycles. The minimum Gasteiger partial charge on any atom is -0.493 e. The molecule has 114 valence electrons. The highest BCUT2D eigenvalue weighted by molar-refractivity contribution is 5.90. The van der Waals surface area contributed by atoms with Crippen LogP contribution in [0.5, 0.6) is 11.5 Å². The molecule has 0 aromatic heterocycles. The third kappa shape index (κ3) is 3.40. The number of methoxy groups -OCH3 is 2. The number of carbonyl (C=O) groups is 1. The number of anilines is 1. The molecule has 1 aromatic carbocycles. The van der Waals surface area contributed by atoms with Gasteiger partial charge < -0.3 is 20.1 Å². The van der Waals surface area contributed by atoms with Gasteiger partial charge in [-0.25, -0.2) is 4.79 Å². The molecule has 2 fully saturated rings. The van der Waals surface area contributed by atoms with Crippen LogP contribution in [-0.2, 0) is 0 Å². The molecular formula is C16H22N2O3. The molecule has 2 aliphatic rings. The maximum atomic E-state index is 12.1. The lowest BCUT2D eigenvalue weighted by Gasteiger charge is -2.18. The summed E-state index contributed by atoms with van der Waals surface area (Å²) < 4.78 is 10.4. The van der Waals surface area contributed by atoms with E-state index in [1.807, 2.05) is 6.07 Å². The van der Waals surface area contributed by atoms with E-state index in [1.165, 1.54) is 25.7 Å². The van der Waals surface area contributed by atoms with Crippen molar-refractivity contribution in [2.75, 3.05) is 19.5 Å². The molecule has 2 amide bonds. The molecule has 2 N–H and O–H groups in total. The first-order valence-electron chi connectivity index (χ1n) is 7.51. The van der Waals surface area contributed by atoms with E-state index in [2.05, 4.69) is 10.6 Å². The normalized spacial score (nSPS) is 17.5. The van der Waals surface area contributed by atoms with Gasteiger partial charge in [-0.2, -0.15) is 0 Å². The Morgan fingerprint density at radius 1 is 1.10 bits per heavy atom. The summed E-state index contributed by atoms with van der Waals surface area (Å²) in [5.41, 5.74) is 0.704. The van der Waals surface area contributed by atoms with Crippen molar-refractivity contribution in [2.45, 2.75) is 31.7 Å². The molecule has 0 spiro atoms. The summed E-state index contributed by atoms with van der Waals surface area (Å²) in [6.07, 6.45) is 4.99. The summed E-state index contributed by atoms with van der Waals surface area (Å²) >= 11 is 0. The molecule has 2 aliphatic carbocycles. The second-order valence-corrected chi connectivity index (χ2v) is 5.87. The van der Waals surface area contributed by atoms with Crippen molar-refractivity contribution in [3.8, 4) is 11.5 Å². The minimum absolute atomic E-state index is 0.133. The van der Waals surface area contributed by atoms with Crippen LogP contribution in [0.25, 0.3) is 0 Å². The van der Waals surface area contributed by atoms with E-state index in [0.717, 1.165) is 0 Å². The first kappa shape index (κ1) is 14.0. The Kier molecular flexibility index (Phi) is 3.90. The molecule has 5 heteroatoms. The van der Waals surface area contributed by atoms with Crippen LogP contribution in [0.4, 0.5) is 10.5 Å². The van der Waals surface area contributed by atoms with E-state index in [9.17, 15) is 4.79 Å². The number of hydrogen-bond acceptors (Lipinski definition) is 3. The number of hydrogen-bond donors (Lipinski definition) is 2. The predicted molar refractivity (Wildman–Crippen MR) is 80.9 cm³/mol. The topological polar surface area (TPSA) is 59.6 Å². The number of ether oxygens (including phenoxy) is 2. The number of amides is 2. The Hall–Kier alpha value is -1.91. The summed E-state index contributed by atoms with van der Waals surface area (Å²) in [5, 5.41) is 6.01. The monoisotopic (exact) mass is 290 g/mol. The molecule has 0 heterocycles. The van der Waals surface area contributed by atoms with Crippen LogP contribution in [0.2, 0.25) is 0 Å². The smallest absolute Gasteiger partial charge is 0.319 e. The van der Waals surface area contributed by atoms with E-state index in [-0.39, 0.29) is 6.03 Å². The first-order chi connectivity index (χ1) is 10.2. The number of benzene rings is 1. The molecule has 0 saturated heterocycles. The Bertz CT molecular complexity index is 512. The standard InChI is InChI=1S/C16H22N2O3/c1-20-13-8-7-12(9-14(13)21-2)17-16(19)18-15(10-3-4-10)11-5-6-11/h7-11,15H,3-6H2,1-2H3,(H2,17,18,19). The second-order valence-electron chi connectivity index (χ2n) is 5.87. The zero-order valence-corrected chi connectivity index (χ0v) is 12.5. The molecule has 21 heavy (non-hydrogen) atoms. The summed E-state index contributed by atoms with van der Waals surface area (Å²) in [6, 6.07) is 5.58. The van der Waals surface area contributed by atoms with Gasteiger partial charge >= 0.3 is 6.03 Å². The van der Waals surface area contributed by atoms with Crippen LogP contribution in [0, 0.1) is 11.8 Å². The molecule has 5 nitrogen and oxygen atoms in total. The van der Waals surface area contributed by atoms with Gasteiger partial charge in [-0.3, -0.25) is 0 Å². The lowest BCUT2D eigenvalue weighted by atomic mass is 10.1. The number of carbonyl (C=O) groups excluding carboxylic acids is 1. The molecule has 0 unspecified atom stereocenters. The van der Waals surface area contributed by atoms with Crippen LogP contribution < -0.4 is 20.1 Å². The zero-order valence-electron chi connectivity index (χ0n) is 12.5. The van der Waals surface area contributed by atoms with E-state index in [1.54, 1.807) is 26.4 Å². The fraction of sp³-hybridized carbons (Fsp3) is 0.562. The van der Waals surface area contributed by atoms with Gasteiger partial charge in [-0.15, -0.1) is 0 Å². The molecule has 0 radical (unpaired) electrons. The molecular weight excluding hydrogens is 268 g/mol. The number of rotatable bonds is 6. The van der Waals surface area contributed by atoms with Gasteiger partial charge in [0.2, 0.25) is 0 Å². The SMILES string of the molecule is COc1ccc(NC(=O)NC(C2CC2)C2CC2)cc1OC. The first-order valence-corrected chi connectivity index (χ1v) is 7.51. The lowest BCUT2D eigenvalue weighted by Crippen LogP contribution is -2.40. The molecule has 2 saturated carbocycles. The Balaban J connectivity index is 1.61. The average Bonchev–Trinajstić information content (AvgIpc) is 3.38. The fourth-order valence-electron chi connectivity index (χ4n) is 2.76. The third-order valence-corrected chi connectivity index (χ3v) is 4.20. The Morgan fingerprint density at radius 3 is 2.24 bits per heavy atom. The fourth-order valence-corrected chi connectivity index (χ4v) is 2.76. The van der Waals surface area contributed by atoms with Crippen molar-refractivity contribution >= 4 is 11.7 Å². The highest BCUT2D eigenvalue weighted by Gasteiger charge is 2.42. The average molecular weight is 290 g/mol. The van der Waals surface area contributed by atoms with Crippen molar-refractivity contribution < 1.29 is 14.3 Å². The van der Waals surface area contributed by atoms with Gasteiger partial charge in [-0.05, 0) is 49.7 Å². The van der Waals surface area contributed by atoms with E-state index < -0.39 is 0 Å². The van der Waals surface area contributed by atoms with Crippen molar-refractivity contribution in [1.29, 1.82) is 0 Å². The van der Waals surface area contributed by atoms with E-state index in [0.29, 0.717) is 35.1 Å². The van der Waals surface area contributed by atoms with E-state index in [4.69, 9.17) is 9.47 Å². The molecule has 0 atom stereocenters. The molecule has 3 rings (SSSR count). The largest absolute Gasteiger partial charge is 0.493 e. The van der Waals surface area contributed by atoms with Gasteiger partial charge in [-0.1, -0.05) is 0 Å². The minimum atomic E-state index is -0.133. The highest BCUT2D eigenvalue weighted by Crippen LogP contribution is 2.44. The second kappa shape index (κ2) is 5.84. The maximum absolute atomic E-state index is 12.1. The van der Waals surface area contributed by atoms with Gasteiger partial charge in [0, 0.05) is 17.8 Å². The number of urea groups is 1. The summed E-state index contributed by atoms with van der Waals surface area (Å²) in [5.74, 6) is 2.64. The quantitative estimate of drug-likeness (QED) is 0.846. The van der Waals surface area contributed by atoms with Crippen LogP contribution >= 0.6 is 0 Å². The Labute approximate surface area is 125 Å². The van der Waals surface area contributed by atoms with Crippen molar-refractivity contribution in [2.24, 2.45) is 11.8 Å². The van der Waals surface area contributed by atoms with Crippen LogP contribution in [0.3, 0.4) is 0 Å². The van der Waals surface area contributed by atoms with Crippen molar-refractivity contribution in [3.05, 3.63) is 18.2 Å². The van der Waals surface area contributed by atoms with Crippen LogP contribution in [-0.4, -0.2) is 26.3 Å².